The molecule has 0 amide bonds. The van der Waals surface area contributed by atoms with E-state index in [1.165, 1.54) is 0 Å². The molecule has 0 saturated heterocycles. The molecule has 3 heteroatoms. The highest BCUT2D eigenvalue weighted by molar-refractivity contribution is 4.91. The van der Waals surface area contributed by atoms with Crippen molar-refractivity contribution in [2.45, 2.75) is 62.6 Å². The van der Waals surface area contributed by atoms with Crippen LogP contribution >= 0.6 is 0 Å². The van der Waals surface area contributed by atoms with Gasteiger partial charge >= 0.3 is 0 Å². The lowest BCUT2D eigenvalue weighted by Gasteiger charge is -2.33. The summed E-state index contributed by atoms with van der Waals surface area (Å²) >= 11 is 0. The number of hydrogen-bond acceptors (Lipinski definition) is 3. The Morgan fingerprint density at radius 1 is 0.812 bits per heavy atom. The Morgan fingerprint density at radius 2 is 1.12 bits per heavy atom. The zero-order valence-electron chi connectivity index (χ0n) is 10.4. The van der Waals surface area contributed by atoms with Crippen LogP contribution in [0.4, 0.5) is 0 Å². The predicted molar refractivity (Wildman–Crippen MR) is 64.3 cm³/mol. The molecular formula is C13H25NO2. The van der Waals surface area contributed by atoms with Crippen LogP contribution in [0.2, 0.25) is 0 Å². The van der Waals surface area contributed by atoms with Crippen LogP contribution in [0.25, 0.3) is 0 Å². The van der Waals surface area contributed by atoms with E-state index in [1.807, 2.05) is 7.05 Å². The van der Waals surface area contributed by atoms with E-state index in [9.17, 15) is 10.2 Å². The van der Waals surface area contributed by atoms with Gasteiger partial charge in [-0.1, -0.05) is 25.7 Å². The van der Waals surface area contributed by atoms with Crippen LogP contribution in [0.5, 0.6) is 0 Å². The van der Waals surface area contributed by atoms with Crippen molar-refractivity contribution in [1.82, 2.24) is 4.90 Å². The van der Waals surface area contributed by atoms with E-state index < -0.39 is 11.2 Å². The molecule has 2 N–H and O–H groups in total. The maximum Gasteiger partial charge on any atom is 0.0774 e. The van der Waals surface area contributed by atoms with Gasteiger partial charge in [0.25, 0.3) is 0 Å². The standard InChI is InChI=1S/C13H25NO2/c1-14(10-12(15)6-2-3-7-12)11-13(16)8-4-5-9-13/h15-16H,2-11H2,1H3. The minimum Gasteiger partial charge on any atom is -0.389 e. The van der Waals surface area contributed by atoms with Crippen molar-refractivity contribution in [3.8, 4) is 0 Å². The lowest BCUT2D eigenvalue weighted by Crippen LogP contribution is -2.46. The van der Waals surface area contributed by atoms with Gasteiger partial charge in [-0.05, 0) is 32.7 Å². The van der Waals surface area contributed by atoms with E-state index in [0.717, 1.165) is 64.5 Å². The van der Waals surface area contributed by atoms with Crippen molar-refractivity contribution in [3.05, 3.63) is 0 Å². The Bertz CT molecular complexity index is 206. The smallest absolute Gasteiger partial charge is 0.0774 e. The lowest BCUT2D eigenvalue weighted by molar-refractivity contribution is -0.0243. The Labute approximate surface area is 98.5 Å². The minimum atomic E-state index is -0.482. The summed E-state index contributed by atoms with van der Waals surface area (Å²) in [5.41, 5.74) is -0.965. The Hall–Kier alpha value is -0.120. The summed E-state index contributed by atoms with van der Waals surface area (Å²) in [6.45, 7) is 1.44. The fourth-order valence-electron chi connectivity index (χ4n) is 3.44. The van der Waals surface area contributed by atoms with Gasteiger partial charge in [0.2, 0.25) is 0 Å². The molecule has 2 aliphatic carbocycles. The van der Waals surface area contributed by atoms with Crippen LogP contribution in [-0.4, -0.2) is 46.5 Å². The van der Waals surface area contributed by atoms with Gasteiger partial charge in [-0.25, -0.2) is 0 Å². The molecule has 0 aromatic rings. The van der Waals surface area contributed by atoms with Gasteiger partial charge in [0.1, 0.15) is 0 Å². The third-order valence-corrected chi connectivity index (χ3v) is 4.20. The van der Waals surface area contributed by atoms with Gasteiger partial charge in [0.05, 0.1) is 11.2 Å². The van der Waals surface area contributed by atoms with Crippen LogP contribution < -0.4 is 0 Å². The molecule has 2 saturated carbocycles. The van der Waals surface area contributed by atoms with Crippen molar-refractivity contribution < 1.29 is 10.2 Å². The zero-order chi connectivity index (χ0) is 11.6. The molecule has 0 aromatic heterocycles. The van der Waals surface area contributed by atoms with Crippen molar-refractivity contribution in [3.63, 3.8) is 0 Å². The van der Waals surface area contributed by atoms with Crippen molar-refractivity contribution >= 4 is 0 Å². The first kappa shape index (κ1) is 12.3. The molecule has 2 rings (SSSR count). The van der Waals surface area contributed by atoms with Gasteiger partial charge in [-0.2, -0.15) is 0 Å². The van der Waals surface area contributed by atoms with Crippen LogP contribution in [0.1, 0.15) is 51.4 Å². The summed E-state index contributed by atoms with van der Waals surface area (Å²) in [4.78, 5) is 2.12. The summed E-state index contributed by atoms with van der Waals surface area (Å²) in [5, 5.41) is 20.6. The number of likely N-dealkylation sites (N-methyl/N-ethyl adjacent to an activating group) is 1. The summed E-state index contributed by atoms with van der Waals surface area (Å²) in [7, 11) is 2.02. The Morgan fingerprint density at radius 3 is 1.44 bits per heavy atom. The summed E-state index contributed by atoms with van der Waals surface area (Å²) < 4.78 is 0. The molecule has 0 aliphatic heterocycles. The maximum absolute atomic E-state index is 10.3. The third kappa shape index (κ3) is 2.96. The van der Waals surface area contributed by atoms with Gasteiger partial charge in [0, 0.05) is 13.1 Å². The molecular weight excluding hydrogens is 202 g/mol. The highest BCUT2D eigenvalue weighted by atomic mass is 16.3. The van der Waals surface area contributed by atoms with Crippen LogP contribution in [0.15, 0.2) is 0 Å². The quantitative estimate of drug-likeness (QED) is 0.765. The Kier molecular flexibility index (Phi) is 3.57. The topological polar surface area (TPSA) is 43.7 Å². The highest BCUT2D eigenvalue weighted by Crippen LogP contribution is 2.33. The second kappa shape index (κ2) is 4.63. The molecule has 0 atom stereocenters. The van der Waals surface area contributed by atoms with Gasteiger partial charge in [0.15, 0.2) is 0 Å². The highest BCUT2D eigenvalue weighted by Gasteiger charge is 2.36. The average molecular weight is 227 g/mol. The molecule has 2 aliphatic rings. The van der Waals surface area contributed by atoms with Crippen LogP contribution in [0, 0.1) is 0 Å². The lowest BCUT2D eigenvalue weighted by atomic mass is 9.98. The zero-order valence-corrected chi connectivity index (χ0v) is 10.4. The molecule has 94 valence electrons. The van der Waals surface area contributed by atoms with Crippen molar-refractivity contribution in [2.75, 3.05) is 20.1 Å². The van der Waals surface area contributed by atoms with E-state index >= 15 is 0 Å². The first-order valence-electron chi connectivity index (χ1n) is 6.65. The van der Waals surface area contributed by atoms with Gasteiger partial charge < -0.3 is 15.1 Å². The molecule has 16 heavy (non-hydrogen) atoms. The van der Waals surface area contributed by atoms with Crippen molar-refractivity contribution in [1.29, 1.82) is 0 Å². The fourth-order valence-corrected chi connectivity index (χ4v) is 3.44. The van der Waals surface area contributed by atoms with E-state index in [0.29, 0.717) is 0 Å². The van der Waals surface area contributed by atoms with Gasteiger partial charge in [-0.3, -0.25) is 0 Å². The Balaban J connectivity index is 1.81. The summed E-state index contributed by atoms with van der Waals surface area (Å²) in [5.74, 6) is 0. The van der Waals surface area contributed by atoms with E-state index in [4.69, 9.17) is 0 Å². The monoisotopic (exact) mass is 227 g/mol. The largest absolute Gasteiger partial charge is 0.389 e. The van der Waals surface area contributed by atoms with Crippen LogP contribution in [-0.2, 0) is 0 Å². The molecule has 0 spiro atoms. The van der Waals surface area contributed by atoms with Crippen LogP contribution in [0.3, 0.4) is 0 Å². The van der Waals surface area contributed by atoms with E-state index in [1.54, 1.807) is 0 Å². The molecule has 3 nitrogen and oxygen atoms in total. The normalized spacial score (nSPS) is 27.8. The second-order valence-electron chi connectivity index (χ2n) is 6.04. The summed E-state index contributed by atoms with van der Waals surface area (Å²) in [6, 6.07) is 0. The number of rotatable bonds is 4. The van der Waals surface area contributed by atoms with E-state index in [-0.39, 0.29) is 0 Å². The van der Waals surface area contributed by atoms with Gasteiger partial charge in [-0.15, -0.1) is 0 Å². The van der Waals surface area contributed by atoms with E-state index in [2.05, 4.69) is 4.90 Å². The fraction of sp³-hybridized carbons (Fsp3) is 1.00. The number of aliphatic hydroxyl groups is 2. The molecule has 2 fully saturated rings. The molecule has 0 radical (unpaired) electrons. The van der Waals surface area contributed by atoms with Crippen molar-refractivity contribution in [2.24, 2.45) is 0 Å². The summed E-state index contributed by atoms with van der Waals surface area (Å²) in [6.07, 6.45) is 8.30. The first-order valence-corrected chi connectivity index (χ1v) is 6.65. The second-order valence-corrected chi connectivity index (χ2v) is 6.04. The number of nitrogens with zero attached hydrogens (tertiary/aromatic N) is 1. The third-order valence-electron chi connectivity index (χ3n) is 4.20. The maximum atomic E-state index is 10.3. The average Bonchev–Trinajstić information content (AvgIpc) is 2.75. The first-order chi connectivity index (χ1) is 7.52. The predicted octanol–water partition coefficient (Wildman–Crippen LogP) is 1.53. The molecule has 0 aromatic carbocycles. The molecule has 0 heterocycles. The molecule has 0 bridgehead atoms. The number of hydrogen-bond donors (Lipinski definition) is 2. The SMILES string of the molecule is CN(CC1(O)CCCC1)CC1(O)CCCC1. The molecule has 0 unspecified atom stereocenters. The minimum absolute atomic E-state index is 0.482.